The minimum Gasteiger partial charge on any atom is -0.497 e. The molecule has 1 heterocycles. The Bertz CT molecular complexity index is 397. The summed E-state index contributed by atoms with van der Waals surface area (Å²) in [4.78, 5) is 0. The molecule has 1 aromatic rings. The van der Waals surface area contributed by atoms with Crippen LogP contribution in [-0.4, -0.2) is 18.6 Å². The average Bonchev–Trinajstić information content (AvgIpc) is 2.33. The van der Waals surface area contributed by atoms with Gasteiger partial charge in [-0.25, -0.2) is 4.36 Å². The predicted molar refractivity (Wildman–Crippen MR) is 75.2 cm³/mol. The third-order valence-electron chi connectivity index (χ3n) is 3.34. The zero-order valence-electron chi connectivity index (χ0n) is 10.9. The molecule has 0 atom stereocenters. The van der Waals surface area contributed by atoms with Crippen LogP contribution in [0.5, 0.6) is 5.75 Å². The van der Waals surface area contributed by atoms with Crippen molar-refractivity contribution in [1.82, 2.24) is 0 Å². The van der Waals surface area contributed by atoms with E-state index in [4.69, 9.17) is 9.10 Å². The standard InChI is InChI=1S/C14H21NOS/c1-14(2)8-10-17(11-9-14)15-12-4-6-13(16-3)7-5-12/h4-7H,8-11H2,1-3H3. The first-order valence-corrected chi connectivity index (χ1v) is 7.64. The number of hydrogen-bond acceptors (Lipinski definition) is 2. The van der Waals surface area contributed by atoms with Crippen molar-refractivity contribution in [2.75, 3.05) is 18.6 Å². The largest absolute Gasteiger partial charge is 0.497 e. The van der Waals surface area contributed by atoms with E-state index in [0.29, 0.717) is 5.41 Å². The molecule has 1 aliphatic heterocycles. The van der Waals surface area contributed by atoms with Gasteiger partial charge in [0.15, 0.2) is 0 Å². The van der Waals surface area contributed by atoms with Gasteiger partial charge >= 0.3 is 0 Å². The van der Waals surface area contributed by atoms with E-state index in [1.54, 1.807) is 7.11 Å². The fourth-order valence-electron chi connectivity index (χ4n) is 1.90. The van der Waals surface area contributed by atoms with E-state index in [-0.39, 0.29) is 10.7 Å². The predicted octanol–water partition coefficient (Wildman–Crippen LogP) is 3.95. The lowest BCUT2D eigenvalue weighted by Gasteiger charge is -2.30. The van der Waals surface area contributed by atoms with Crippen LogP contribution in [-0.2, 0) is 10.7 Å². The maximum absolute atomic E-state index is 5.15. The van der Waals surface area contributed by atoms with Gasteiger partial charge in [0.25, 0.3) is 0 Å². The second-order valence-corrected chi connectivity index (χ2v) is 7.25. The fourth-order valence-corrected chi connectivity index (χ4v) is 4.28. The van der Waals surface area contributed by atoms with Crippen molar-refractivity contribution in [1.29, 1.82) is 0 Å². The van der Waals surface area contributed by atoms with Crippen LogP contribution in [0.15, 0.2) is 28.6 Å². The lowest BCUT2D eigenvalue weighted by Crippen LogP contribution is -2.24. The highest BCUT2D eigenvalue weighted by atomic mass is 32.2. The van der Waals surface area contributed by atoms with E-state index in [1.165, 1.54) is 24.3 Å². The Kier molecular flexibility index (Phi) is 3.87. The van der Waals surface area contributed by atoms with Crippen molar-refractivity contribution in [3.63, 3.8) is 0 Å². The van der Waals surface area contributed by atoms with Gasteiger partial charge in [-0.1, -0.05) is 24.5 Å². The lowest BCUT2D eigenvalue weighted by molar-refractivity contribution is 0.335. The van der Waals surface area contributed by atoms with Crippen molar-refractivity contribution in [3.05, 3.63) is 24.3 Å². The van der Waals surface area contributed by atoms with Gasteiger partial charge in [0, 0.05) is 11.5 Å². The topological polar surface area (TPSA) is 21.6 Å². The molecule has 1 saturated heterocycles. The monoisotopic (exact) mass is 251 g/mol. The Morgan fingerprint density at radius 1 is 1.12 bits per heavy atom. The number of benzene rings is 1. The summed E-state index contributed by atoms with van der Waals surface area (Å²) in [5, 5.41) is 0. The summed E-state index contributed by atoms with van der Waals surface area (Å²) in [6.45, 7) is 4.72. The smallest absolute Gasteiger partial charge is 0.119 e. The van der Waals surface area contributed by atoms with Gasteiger partial charge in [-0.15, -0.1) is 0 Å². The van der Waals surface area contributed by atoms with Gasteiger partial charge < -0.3 is 4.74 Å². The highest BCUT2D eigenvalue weighted by Crippen LogP contribution is 2.31. The molecule has 0 spiro atoms. The molecule has 1 fully saturated rings. The van der Waals surface area contributed by atoms with Crippen LogP contribution in [0.2, 0.25) is 0 Å². The van der Waals surface area contributed by atoms with Crippen molar-refractivity contribution < 1.29 is 4.74 Å². The van der Waals surface area contributed by atoms with E-state index in [1.807, 2.05) is 24.3 Å². The number of methoxy groups -OCH3 is 1. The molecular weight excluding hydrogens is 230 g/mol. The molecule has 1 aromatic carbocycles. The van der Waals surface area contributed by atoms with Crippen LogP contribution >= 0.6 is 0 Å². The van der Waals surface area contributed by atoms with Crippen LogP contribution in [0.25, 0.3) is 0 Å². The third kappa shape index (κ3) is 3.56. The summed E-state index contributed by atoms with van der Waals surface area (Å²) in [7, 11) is 1.92. The second-order valence-electron chi connectivity index (χ2n) is 5.32. The van der Waals surface area contributed by atoms with Gasteiger partial charge in [-0.3, -0.25) is 0 Å². The summed E-state index contributed by atoms with van der Waals surface area (Å²) >= 11 is 0. The molecule has 94 valence electrons. The molecule has 1 aliphatic rings. The Hall–Kier alpha value is -0.830. The van der Waals surface area contributed by atoms with Crippen molar-refractivity contribution >= 4 is 16.4 Å². The van der Waals surface area contributed by atoms with E-state index >= 15 is 0 Å². The molecular formula is C14H21NOS. The van der Waals surface area contributed by atoms with Gasteiger partial charge in [0.2, 0.25) is 0 Å². The molecule has 0 aliphatic carbocycles. The molecule has 3 heteroatoms. The van der Waals surface area contributed by atoms with Gasteiger partial charge in [0.05, 0.1) is 12.8 Å². The second kappa shape index (κ2) is 5.21. The van der Waals surface area contributed by atoms with Gasteiger partial charge in [-0.2, -0.15) is 0 Å². The summed E-state index contributed by atoms with van der Waals surface area (Å²) in [6, 6.07) is 8.06. The first kappa shape index (κ1) is 12.6. The highest BCUT2D eigenvalue weighted by molar-refractivity contribution is 7.87. The van der Waals surface area contributed by atoms with Crippen LogP contribution in [0, 0.1) is 5.41 Å². The molecule has 0 bridgehead atoms. The Morgan fingerprint density at radius 2 is 1.71 bits per heavy atom. The fraction of sp³-hybridized carbons (Fsp3) is 0.571. The van der Waals surface area contributed by atoms with Crippen LogP contribution in [0.3, 0.4) is 0 Å². The van der Waals surface area contributed by atoms with Crippen LogP contribution in [0.4, 0.5) is 5.69 Å². The number of rotatable bonds is 2. The van der Waals surface area contributed by atoms with E-state index < -0.39 is 0 Å². The molecule has 17 heavy (non-hydrogen) atoms. The summed E-state index contributed by atoms with van der Waals surface area (Å²) in [6.07, 6.45) is 2.60. The number of nitrogens with zero attached hydrogens (tertiary/aromatic N) is 1. The third-order valence-corrected chi connectivity index (χ3v) is 5.16. The molecule has 2 rings (SSSR count). The van der Waals surface area contributed by atoms with E-state index in [0.717, 1.165) is 11.4 Å². The first-order valence-electron chi connectivity index (χ1n) is 6.12. The van der Waals surface area contributed by atoms with Crippen molar-refractivity contribution in [3.8, 4) is 5.75 Å². The minimum absolute atomic E-state index is 0.233. The first-order chi connectivity index (χ1) is 8.09. The number of ether oxygens (including phenoxy) is 1. The van der Waals surface area contributed by atoms with Gasteiger partial charge in [-0.05, 0) is 42.5 Å². The maximum atomic E-state index is 5.15. The van der Waals surface area contributed by atoms with Crippen LogP contribution in [0.1, 0.15) is 26.7 Å². The average molecular weight is 251 g/mol. The van der Waals surface area contributed by atoms with E-state index in [9.17, 15) is 0 Å². The zero-order valence-corrected chi connectivity index (χ0v) is 11.7. The Morgan fingerprint density at radius 3 is 2.24 bits per heavy atom. The molecule has 2 nitrogen and oxygen atoms in total. The lowest BCUT2D eigenvalue weighted by atomic mass is 9.87. The van der Waals surface area contributed by atoms with E-state index in [2.05, 4.69) is 13.8 Å². The highest BCUT2D eigenvalue weighted by Gasteiger charge is 2.23. The van der Waals surface area contributed by atoms with Crippen LogP contribution < -0.4 is 4.74 Å². The quantitative estimate of drug-likeness (QED) is 0.780. The molecule has 0 N–H and O–H groups in total. The molecule has 0 saturated carbocycles. The molecule has 0 radical (unpaired) electrons. The molecule has 0 aromatic heterocycles. The van der Waals surface area contributed by atoms with Crippen molar-refractivity contribution in [2.24, 2.45) is 9.78 Å². The zero-order chi connectivity index (χ0) is 12.3. The molecule has 0 amide bonds. The van der Waals surface area contributed by atoms with Gasteiger partial charge in [0.1, 0.15) is 5.75 Å². The Labute approximate surface area is 106 Å². The SMILES string of the molecule is COc1ccc(N=S2CCC(C)(C)CC2)cc1. The number of hydrogen-bond donors (Lipinski definition) is 0. The van der Waals surface area contributed by atoms with Crippen molar-refractivity contribution in [2.45, 2.75) is 26.7 Å². The normalized spacial score (nSPS) is 19.9. The summed E-state index contributed by atoms with van der Waals surface area (Å²) in [5.74, 6) is 3.40. The Balaban J connectivity index is 2.04. The summed E-state index contributed by atoms with van der Waals surface area (Å²) in [5.41, 5.74) is 1.62. The summed E-state index contributed by atoms with van der Waals surface area (Å²) < 4.78 is 9.98. The molecule has 0 unspecified atom stereocenters. The maximum Gasteiger partial charge on any atom is 0.119 e. The minimum atomic E-state index is 0.233.